The fraction of sp³-hybridized carbons (Fsp3) is 0.353. The van der Waals surface area contributed by atoms with Crippen LogP contribution in [0.3, 0.4) is 0 Å². The van der Waals surface area contributed by atoms with Crippen molar-refractivity contribution in [2.45, 2.75) is 6.92 Å². The Balaban J connectivity index is 2.49. The van der Waals surface area contributed by atoms with Gasteiger partial charge in [0.15, 0.2) is 17.3 Å². The number of hydrogen-bond donors (Lipinski definition) is 0. The first kappa shape index (κ1) is 17.5. The molecular formula is C17H21N3O4. The van der Waals surface area contributed by atoms with Crippen molar-refractivity contribution in [2.24, 2.45) is 0 Å². The molecule has 2 aromatic rings. The summed E-state index contributed by atoms with van der Waals surface area (Å²) in [7, 11) is 6.76. The van der Waals surface area contributed by atoms with E-state index in [4.69, 9.17) is 14.2 Å². The molecule has 24 heavy (non-hydrogen) atoms. The molecule has 0 bridgehead atoms. The Labute approximate surface area is 141 Å². The topological polar surface area (TPSA) is 73.8 Å². The van der Waals surface area contributed by atoms with Gasteiger partial charge >= 0.3 is 5.97 Å². The Morgan fingerprint density at radius 3 is 2.46 bits per heavy atom. The summed E-state index contributed by atoms with van der Waals surface area (Å²) in [5, 5.41) is 0. The van der Waals surface area contributed by atoms with Crippen LogP contribution < -0.4 is 14.4 Å². The molecule has 0 aliphatic rings. The summed E-state index contributed by atoms with van der Waals surface area (Å²) in [5.74, 6) is 1.73. The molecule has 0 saturated carbocycles. The molecule has 1 aromatic carbocycles. The van der Waals surface area contributed by atoms with Gasteiger partial charge in [0, 0.05) is 25.9 Å². The molecule has 0 amide bonds. The number of ether oxygens (including phenoxy) is 3. The second-order valence-corrected chi connectivity index (χ2v) is 5.12. The van der Waals surface area contributed by atoms with Crippen molar-refractivity contribution in [2.75, 3.05) is 39.8 Å². The Morgan fingerprint density at radius 2 is 1.88 bits per heavy atom. The van der Waals surface area contributed by atoms with Crippen LogP contribution in [0.15, 0.2) is 24.4 Å². The van der Waals surface area contributed by atoms with Crippen molar-refractivity contribution < 1.29 is 19.0 Å². The molecule has 1 heterocycles. The first-order valence-corrected chi connectivity index (χ1v) is 7.45. The molecular weight excluding hydrogens is 310 g/mol. The van der Waals surface area contributed by atoms with E-state index in [1.165, 1.54) is 6.20 Å². The minimum absolute atomic E-state index is 0.295. The largest absolute Gasteiger partial charge is 0.493 e. The maximum absolute atomic E-state index is 12.0. The molecule has 7 nitrogen and oxygen atoms in total. The summed E-state index contributed by atoms with van der Waals surface area (Å²) < 4.78 is 15.6. The molecule has 0 aliphatic carbocycles. The molecule has 0 spiro atoms. The van der Waals surface area contributed by atoms with Gasteiger partial charge in [0.2, 0.25) is 0 Å². The highest BCUT2D eigenvalue weighted by Gasteiger charge is 2.18. The molecule has 0 radical (unpaired) electrons. The molecule has 2 rings (SSSR count). The molecule has 0 unspecified atom stereocenters. The van der Waals surface area contributed by atoms with Crippen molar-refractivity contribution in [3.63, 3.8) is 0 Å². The quantitative estimate of drug-likeness (QED) is 0.752. The Bertz CT molecular complexity index is 732. The van der Waals surface area contributed by atoms with E-state index in [0.29, 0.717) is 35.3 Å². The van der Waals surface area contributed by atoms with Crippen molar-refractivity contribution in [1.29, 1.82) is 0 Å². The van der Waals surface area contributed by atoms with Gasteiger partial charge in [-0.2, -0.15) is 0 Å². The number of methoxy groups -OCH3 is 2. The van der Waals surface area contributed by atoms with Gasteiger partial charge in [-0.3, -0.25) is 0 Å². The molecule has 0 saturated heterocycles. The first-order chi connectivity index (χ1) is 11.5. The Morgan fingerprint density at radius 1 is 1.17 bits per heavy atom. The third kappa shape index (κ3) is 3.56. The average molecular weight is 331 g/mol. The summed E-state index contributed by atoms with van der Waals surface area (Å²) in [5.41, 5.74) is 1.08. The van der Waals surface area contributed by atoms with Crippen LogP contribution in [-0.2, 0) is 4.74 Å². The number of hydrogen-bond acceptors (Lipinski definition) is 7. The summed E-state index contributed by atoms with van der Waals surface area (Å²) in [6.45, 7) is 2.05. The van der Waals surface area contributed by atoms with Gasteiger partial charge in [0.05, 0.1) is 20.8 Å². The van der Waals surface area contributed by atoms with Crippen molar-refractivity contribution in [3.05, 3.63) is 30.0 Å². The van der Waals surface area contributed by atoms with Crippen LogP contribution in [-0.4, -0.2) is 50.9 Å². The zero-order valence-electron chi connectivity index (χ0n) is 14.5. The van der Waals surface area contributed by atoms with E-state index in [9.17, 15) is 4.79 Å². The van der Waals surface area contributed by atoms with Crippen LogP contribution in [0.2, 0.25) is 0 Å². The van der Waals surface area contributed by atoms with Gasteiger partial charge in [-0.05, 0) is 25.1 Å². The van der Waals surface area contributed by atoms with E-state index >= 15 is 0 Å². The van der Waals surface area contributed by atoms with Crippen LogP contribution in [0.4, 0.5) is 5.82 Å². The fourth-order valence-corrected chi connectivity index (χ4v) is 2.18. The molecule has 0 aliphatic heterocycles. The number of carbonyl (C=O) groups is 1. The van der Waals surface area contributed by atoms with E-state index in [1.54, 1.807) is 38.2 Å². The standard InChI is InChI=1S/C17H21N3O4/c1-6-24-17(21)12-10-18-15(19-16(12)20(2)3)11-7-8-13(22-4)14(9-11)23-5/h7-10H,6H2,1-5H3. The SMILES string of the molecule is CCOC(=O)c1cnc(-c2ccc(OC)c(OC)c2)nc1N(C)C. The number of nitrogens with zero attached hydrogens (tertiary/aromatic N) is 3. The third-order valence-corrected chi connectivity index (χ3v) is 3.33. The van der Waals surface area contributed by atoms with Crippen molar-refractivity contribution in [1.82, 2.24) is 9.97 Å². The second kappa shape index (κ2) is 7.63. The van der Waals surface area contributed by atoms with Crippen LogP contribution in [0.5, 0.6) is 11.5 Å². The van der Waals surface area contributed by atoms with Gasteiger partial charge < -0.3 is 19.1 Å². The highest BCUT2D eigenvalue weighted by molar-refractivity contribution is 5.94. The zero-order chi connectivity index (χ0) is 17.7. The lowest BCUT2D eigenvalue weighted by atomic mass is 10.1. The third-order valence-electron chi connectivity index (χ3n) is 3.33. The summed E-state index contributed by atoms with van der Waals surface area (Å²) in [6, 6.07) is 5.41. The monoisotopic (exact) mass is 331 g/mol. The van der Waals surface area contributed by atoms with E-state index in [-0.39, 0.29) is 0 Å². The average Bonchev–Trinajstić information content (AvgIpc) is 2.60. The number of rotatable bonds is 6. The van der Waals surface area contributed by atoms with Crippen LogP contribution in [0.1, 0.15) is 17.3 Å². The number of aromatic nitrogens is 2. The number of anilines is 1. The van der Waals surface area contributed by atoms with E-state index in [1.807, 2.05) is 20.2 Å². The predicted octanol–water partition coefficient (Wildman–Crippen LogP) is 2.40. The number of esters is 1. The molecule has 0 N–H and O–H groups in total. The van der Waals surface area contributed by atoms with E-state index in [2.05, 4.69) is 9.97 Å². The first-order valence-electron chi connectivity index (χ1n) is 7.45. The van der Waals surface area contributed by atoms with Crippen molar-refractivity contribution in [3.8, 4) is 22.9 Å². The highest BCUT2D eigenvalue weighted by Crippen LogP contribution is 2.31. The second-order valence-electron chi connectivity index (χ2n) is 5.12. The molecule has 1 aromatic heterocycles. The van der Waals surface area contributed by atoms with Gasteiger partial charge in [-0.1, -0.05) is 0 Å². The van der Waals surface area contributed by atoms with Gasteiger partial charge in [-0.25, -0.2) is 14.8 Å². The maximum atomic E-state index is 12.0. The van der Waals surface area contributed by atoms with Crippen LogP contribution in [0.25, 0.3) is 11.4 Å². The Hall–Kier alpha value is -2.83. The van der Waals surface area contributed by atoms with Gasteiger partial charge in [-0.15, -0.1) is 0 Å². The smallest absolute Gasteiger partial charge is 0.343 e. The predicted molar refractivity (Wildman–Crippen MR) is 90.9 cm³/mol. The number of benzene rings is 1. The van der Waals surface area contributed by atoms with Gasteiger partial charge in [0.1, 0.15) is 11.4 Å². The lowest BCUT2D eigenvalue weighted by molar-refractivity contribution is 0.0526. The molecule has 0 atom stereocenters. The van der Waals surface area contributed by atoms with Gasteiger partial charge in [0.25, 0.3) is 0 Å². The zero-order valence-corrected chi connectivity index (χ0v) is 14.5. The van der Waals surface area contributed by atoms with Crippen molar-refractivity contribution >= 4 is 11.8 Å². The molecule has 128 valence electrons. The molecule has 7 heteroatoms. The van der Waals surface area contributed by atoms with E-state index in [0.717, 1.165) is 5.56 Å². The lowest BCUT2D eigenvalue weighted by Gasteiger charge is -2.16. The minimum Gasteiger partial charge on any atom is -0.493 e. The highest BCUT2D eigenvalue weighted by atomic mass is 16.5. The Kier molecular flexibility index (Phi) is 5.57. The fourth-order valence-electron chi connectivity index (χ4n) is 2.18. The van der Waals surface area contributed by atoms with Crippen LogP contribution >= 0.6 is 0 Å². The summed E-state index contributed by atoms with van der Waals surface area (Å²) in [6.07, 6.45) is 1.48. The molecule has 0 fully saturated rings. The normalized spacial score (nSPS) is 10.2. The van der Waals surface area contributed by atoms with Crippen LogP contribution in [0, 0.1) is 0 Å². The summed E-state index contributed by atoms with van der Waals surface area (Å²) in [4.78, 5) is 22.6. The summed E-state index contributed by atoms with van der Waals surface area (Å²) >= 11 is 0. The van der Waals surface area contributed by atoms with E-state index < -0.39 is 5.97 Å². The number of carbonyl (C=O) groups excluding carboxylic acids is 1. The maximum Gasteiger partial charge on any atom is 0.343 e. The minimum atomic E-state index is -0.444. The lowest BCUT2D eigenvalue weighted by Crippen LogP contribution is -2.18.